The van der Waals surface area contributed by atoms with Crippen molar-refractivity contribution < 1.29 is 13.6 Å². The van der Waals surface area contributed by atoms with E-state index in [2.05, 4.69) is 12.2 Å². The predicted octanol–water partition coefficient (Wildman–Crippen LogP) is 4.76. The van der Waals surface area contributed by atoms with Gasteiger partial charge in [0, 0.05) is 38.4 Å². The molecule has 0 bridgehead atoms. The van der Waals surface area contributed by atoms with Gasteiger partial charge in [-0.05, 0) is 93.8 Å². The molecule has 1 amide bonds. The number of carbonyl (C=O) groups excluding carboxylic acids is 1. The molecule has 6 unspecified atom stereocenters. The summed E-state index contributed by atoms with van der Waals surface area (Å²) in [6.45, 7) is 3.60. The summed E-state index contributed by atoms with van der Waals surface area (Å²) in [6, 6.07) is 0. The van der Waals surface area contributed by atoms with E-state index < -0.39 is 12.3 Å². The fourth-order valence-corrected chi connectivity index (χ4v) is 6.92. The van der Waals surface area contributed by atoms with Gasteiger partial charge in [-0.1, -0.05) is 6.92 Å². The second kappa shape index (κ2) is 10.7. The molecule has 4 rings (SSSR count). The zero-order chi connectivity index (χ0) is 23.5. The van der Waals surface area contributed by atoms with Gasteiger partial charge in [0.1, 0.15) is 12.3 Å². The van der Waals surface area contributed by atoms with E-state index in [1.165, 1.54) is 0 Å². The topological polar surface area (TPSA) is 62.8 Å². The number of hydrogen-bond acceptors (Lipinski definition) is 2. The molecule has 3 aliphatic carbocycles. The molecule has 1 heterocycles. The largest absolute Gasteiger partial charge is 0.356 e. The van der Waals surface area contributed by atoms with Gasteiger partial charge in [-0.15, -0.1) is 0 Å². The quantitative estimate of drug-likeness (QED) is 0.627. The Kier molecular flexibility index (Phi) is 7.95. The number of carbonyl (C=O) groups is 1. The number of rotatable bonds is 6. The monoisotopic (exact) mass is 464 g/mol. The van der Waals surface area contributed by atoms with Gasteiger partial charge in [-0.2, -0.15) is 0 Å². The maximum atomic E-state index is 14.0. The minimum Gasteiger partial charge on any atom is -0.356 e. The van der Waals surface area contributed by atoms with Crippen molar-refractivity contribution in [1.29, 1.82) is 5.41 Å². The fourth-order valence-electron chi connectivity index (χ4n) is 6.92. The Labute approximate surface area is 196 Å². The molecular formula is C26H42F2N4O. The number of alkyl halides is 2. The van der Waals surface area contributed by atoms with Gasteiger partial charge in [-0.3, -0.25) is 10.2 Å². The van der Waals surface area contributed by atoms with Crippen LogP contribution >= 0.6 is 0 Å². The third kappa shape index (κ3) is 6.07. The van der Waals surface area contributed by atoms with Crippen molar-refractivity contribution in [2.45, 2.75) is 90.0 Å². The summed E-state index contributed by atoms with van der Waals surface area (Å²) in [4.78, 5) is 13.2. The standard InChI is InChI=1S/C26H42F2N4O/c1-17-11-23(28)7-8-24(17)20-12-19(16-32-10-9-31(2)26(32)29)13-21(14-20)25(33)30-15-18-3-5-22(27)6-4-18/h9-10,17-24,29H,3-8,11-16H2,1-2H3,(H,30,33). The highest BCUT2D eigenvalue weighted by atomic mass is 19.1. The van der Waals surface area contributed by atoms with Crippen molar-refractivity contribution in [1.82, 2.24) is 14.5 Å². The van der Waals surface area contributed by atoms with Crippen LogP contribution in [-0.2, 0) is 18.4 Å². The van der Waals surface area contributed by atoms with Gasteiger partial charge in [0.15, 0.2) is 0 Å². The van der Waals surface area contributed by atoms with Crippen LogP contribution in [0.5, 0.6) is 0 Å². The van der Waals surface area contributed by atoms with E-state index in [1.54, 1.807) is 4.57 Å². The molecule has 33 heavy (non-hydrogen) atoms. The third-order valence-corrected chi connectivity index (χ3v) is 8.86. The highest BCUT2D eigenvalue weighted by Crippen LogP contribution is 2.45. The summed E-state index contributed by atoms with van der Waals surface area (Å²) >= 11 is 0. The SMILES string of the molecule is CC1CC(F)CCC1C1CC(Cn2ccn(C)c2=N)CC(C(=O)NCC2CCC(F)CC2)C1. The third-order valence-electron chi connectivity index (χ3n) is 8.86. The van der Waals surface area contributed by atoms with E-state index in [0.29, 0.717) is 67.4 Å². The molecule has 2 N–H and O–H groups in total. The van der Waals surface area contributed by atoms with Crippen molar-refractivity contribution in [3.63, 3.8) is 0 Å². The zero-order valence-corrected chi connectivity index (χ0v) is 20.3. The highest BCUT2D eigenvalue weighted by molar-refractivity contribution is 5.78. The second-order valence-electron chi connectivity index (χ2n) is 11.3. The Morgan fingerprint density at radius 1 is 1.00 bits per heavy atom. The molecule has 6 atom stereocenters. The van der Waals surface area contributed by atoms with Gasteiger partial charge in [0.25, 0.3) is 0 Å². The van der Waals surface area contributed by atoms with Crippen molar-refractivity contribution >= 4 is 5.91 Å². The molecule has 3 fully saturated rings. The zero-order valence-electron chi connectivity index (χ0n) is 20.3. The van der Waals surface area contributed by atoms with Crippen molar-refractivity contribution in [2.24, 2.45) is 42.6 Å². The molecule has 5 nitrogen and oxygen atoms in total. The molecule has 0 aliphatic heterocycles. The predicted molar refractivity (Wildman–Crippen MR) is 125 cm³/mol. The molecular weight excluding hydrogens is 422 g/mol. The van der Waals surface area contributed by atoms with Gasteiger partial charge in [0.05, 0.1) is 0 Å². The first-order valence-electron chi connectivity index (χ1n) is 13.1. The number of aryl methyl sites for hydroxylation is 1. The number of hydrogen-bond donors (Lipinski definition) is 2. The molecule has 1 aromatic rings. The lowest BCUT2D eigenvalue weighted by Gasteiger charge is -2.43. The van der Waals surface area contributed by atoms with E-state index in [1.807, 2.05) is 24.0 Å². The first-order valence-corrected chi connectivity index (χ1v) is 13.1. The summed E-state index contributed by atoms with van der Waals surface area (Å²) in [5.41, 5.74) is 0.480. The van der Waals surface area contributed by atoms with Crippen LogP contribution in [0.4, 0.5) is 8.78 Å². The van der Waals surface area contributed by atoms with E-state index in [4.69, 9.17) is 5.41 Å². The van der Waals surface area contributed by atoms with Crippen LogP contribution in [-0.4, -0.2) is 33.9 Å². The lowest BCUT2D eigenvalue weighted by atomic mass is 9.63. The maximum absolute atomic E-state index is 14.0. The Balaban J connectivity index is 1.42. The number of halogens is 2. The average Bonchev–Trinajstić information content (AvgIpc) is 3.10. The molecule has 186 valence electrons. The summed E-state index contributed by atoms with van der Waals surface area (Å²) in [7, 11) is 1.88. The Morgan fingerprint density at radius 2 is 1.73 bits per heavy atom. The fraction of sp³-hybridized carbons (Fsp3) is 0.846. The number of imidazole rings is 1. The first kappa shape index (κ1) is 24.5. The number of aromatic nitrogens is 2. The first-order chi connectivity index (χ1) is 15.8. The second-order valence-corrected chi connectivity index (χ2v) is 11.3. The molecule has 0 radical (unpaired) electrons. The lowest BCUT2D eigenvalue weighted by molar-refractivity contribution is -0.128. The molecule has 0 spiro atoms. The molecule has 0 aromatic carbocycles. The van der Waals surface area contributed by atoms with Gasteiger partial charge < -0.3 is 14.5 Å². The summed E-state index contributed by atoms with van der Waals surface area (Å²) in [6.07, 6.45) is 10.5. The van der Waals surface area contributed by atoms with Crippen LogP contribution in [0.2, 0.25) is 0 Å². The minimum atomic E-state index is -0.681. The van der Waals surface area contributed by atoms with Gasteiger partial charge in [0.2, 0.25) is 11.5 Å². The van der Waals surface area contributed by atoms with E-state index in [9.17, 15) is 13.6 Å². The Hall–Kier alpha value is -1.66. The van der Waals surface area contributed by atoms with Gasteiger partial charge in [-0.25, -0.2) is 8.78 Å². The van der Waals surface area contributed by atoms with Crippen molar-refractivity contribution in [3.8, 4) is 0 Å². The lowest BCUT2D eigenvalue weighted by Crippen LogP contribution is -2.42. The molecule has 7 heteroatoms. The summed E-state index contributed by atoms with van der Waals surface area (Å²) < 4.78 is 31.2. The van der Waals surface area contributed by atoms with Gasteiger partial charge >= 0.3 is 0 Å². The minimum absolute atomic E-state index is 0.0277. The van der Waals surface area contributed by atoms with Crippen LogP contribution in [0, 0.1) is 40.9 Å². The van der Waals surface area contributed by atoms with Crippen LogP contribution in [0.15, 0.2) is 12.4 Å². The molecule has 1 aromatic heterocycles. The highest BCUT2D eigenvalue weighted by Gasteiger charge is 2.40. The van der Waals surface area contributed by atoms with Crippen LogP contribution in [0.1, 0.15) is 71.1 Å². The smallest absolute Gasteiger partial charge is 0.223 e. The Bertz CT molecular complexity index is 844. The van der Waals surface area contributed by atoms with E-state index >= 15 is 0 Å². The Morgan fingerprint density at radius 3 is 2.39 bits per heavy atom. The van der Waals surface area contributed by atoms with Crippen LogP contribution < -0.4 is 10.9 Å². The van der Waals surface area contributed by atoms with Crippen LogP contribution in [0.3, 0.4) is 0 Å². The maximum Gasteiger partial charge on any atom is 0.223 e. The van der Waals surface area contributed by atoms with E-state index in [0.717, 1.165) is 45.1 Å². The summed E-state index contributed by atoms with van der Waals surface area (Å²) in [5.74, 6) is 2.11. The van der Waals surface area contributed by atoms with E-state index in [-0.39, 0.29) is 11.8 Å². The summed E-state index contributed by atoms with van der Waals surface area (Å²) in [5, 5.41) is 11.5. The molecule has 0 saturated heterocycles. The van der Waals surface area contributed by atoms with Crippen molar-refractivity contribution in [2.75, 3.05) is 6.54 Å². The number of nitrogens with zero attached hydrogens (tertiary/aromatic N) is 2. The molecule has 3 saturated carbocycles. The normalized spacial score (nSPS) is 37.6. The number of nitrogens with one attached hydrogen (secondary N) is 2. The molecule has 3 aliphatic rings. The van der Waals surface area contributed by atoms with Crippen LogP contribution in [0.25, 0.3) is 0 Å². The van der Waals surface area contributed by atoms with Crippen molar-refractivity contribution in [3.05, 3.63) is 18.0 Å². The number of amides is 1. The average molecular weight is 465 g/mol.